The number of carbonyl (C=O) groups is 1. The van der Waals surface area contributed by atoms with Gasteiger partial charge in [0.1, 0.15) is 6.10 Å². The summed E-state index contributed by atoms with van der Waals surface area (Å²) in [6, 6.07) is 4.51. The molecular formula is C39H56O5. The smallest absolute Gasteiger partial charge is 0.331 e. The number of benzene rings is 1. The SMILES string of the molecule is CC1(C)CC[C@]2(CO)CC[C@]3(C)C(=CC[C@@H]4[C@@]5(C)CC[C@H](OC(=O)C=Cc6ccc(O)c(O)c6)C(C)(C)[C@@H]5CC[C@]43C)[C@H]2C1. The van der Waals surface area contributed by atoms with Crippen molar-refractivity contribution in [1.29, 1.82) is 0 Å². The topological polar surface area (TPSA) is 87.0 Å². The molecule has 0 saturated heterocycles. The molecule has 5 heteroatoms. The van der Waals surface area contributed by atoms with Crippen molar-refractivity contribution in [1.82, 2.24) is 0 Å². The summed E-state index contributed by atoms with van der Waals surface area (Å²) >= 11 is 0. The van der Waals surface area contributed by atoms with Gasteiger partial charge in [0.15, 0.2) is 11.5 Å². The van der Waals surface area contributed by atoms with Crippen molar-refractivity contribution >= 4 is 12.0 Å². The molecule has 3 N–H and O–H groups in total. The lowest BCUT2D eigenvalue weighted by Crippen LogP contribution is -2.65. The number of hydrogen-bond donors (Lipinski definition) is 3. The van der Waals surface area contributed by atoms with Crippen molar-refractivity contribution < 1.29 is 24.9 Å². The second kappa shape index (κ2) is 10.4. The van der Waals surface area contributed by atoms with Crippen LogP contribution < -0.4 is 0 Å². The van der Waals surface area contributed by atoms with Crippen molar-refractivity contribution in [2.45, 2.75) is 119 Å². The van der Waals surface area contributed by atoms with Crippen LogP contribution in [0, 0.1) is 50.2 Å². The third-order valence-corrected chi connectivity index (χ3v) is 14.7. The number of aliphatic hydroxyl groups is 1. The van der Waals surface area contributed by atoms with Crippen molar-refractivity contribution in [3.8, 4) is 11.5 Å². The predicted octanol–water partition coefficient (Wildman–Crippen LogP) is 8.82. The van der Waals surface area contributed by atoms with Gasteiger partial charge in [0.05, 0.1) is 0 Å². The van der Waals surface area contributed by atoms with Gasteiger partial charge in [0.2, 0.25) is 0 Å². The molecule has 0 spiro atoms. The van der Waals surface area contributed by atoms with Crippen LogP contribution in [0.25, 0.3) is 6.08 Å². The van der Waals surface area contributed by atoms with Crippen LogP contribution in [0.2, 0.25) is 0 Å². The number of ether oxygens (including phenoxy) is 1. The number of phenolic OH excluding ortho intramolecular Hbond substituents is 2. The maximum Gasteiger partial charge on any atom is 0.331 e. The normalized spacial score (nSPS) is 42.3. The van der Waals surface area contributed by atoms with Gasteiger partial charge in [-0.25, -0.2) is 4.79 Å². The van der Waals surface area contributed by atoms with Crippen LogP contribution in [-0.2, 0) is 9.53 Å². The zero-order valence-corrected chi connectivity index (χ0v) is 28.2. The molecule has 0 aromatic heterocycles. The molecule has 6 rings (SSSR count). The molecule has 5 aliphatic carbocycles. The van der Waals surface area contributed by atoms with Crippen LogP contribution in [0.15, 0.2) is 35.9 Å². The molecule has 5 nitrogen and oxygen atoms in total. The predicted molar refractivity (Wildman–Crippen MR) is 175 cm³/mol. The standard InChI is InChI=1S/C39H56O5/c1-34(2)18-20-39(24-40)21-19-37(6)26(27(39)23-34)10-12-31-36(5)16-15-32(35(3,4)30(36)14-17-38(31,37)7)44-33(43)13-9-25-8-11-28(41)29(42)22-25/h8-11,13,22,27,30-32,40-42H,12,14-21,23-24H2,1-7H3/t27-,30+,31-,32+,36+,37-,38-,39-/m1/s1. The van der Waals surface area contributed by atoms with E-state index >= 15 is 0 Å². The summed E-state index contributed by atoms with van der Waals surface area (Å²) in [7, 11) is 0. The highest BCUT2D eigenvalue weighted by molar-refractivity contribution is 5.87. The lowest BCUT2D eigenvalue weighted by Gasteiger charge is -2.71. The molecular weight excluding hydrogens is 548 g/mol. The third kappa shape index (κ3) is 4.61. The molecule has 1 aromatic rings. The van der Waals surface area contributed by atoms with Crippen molar-refractivity contribution in [2.24, 2.45) is 50.2 Å². The van der Waals surface area contributed by atoms with Gasteiger partial charge in [0.25, 0.3) is 0 Å². The lowest BCUT2D eigenvalue weighted by molar-refractivity contribution is -0.212. The average molecular weight is 605 g/mol. The second-order valence-corrected chi connectivity index (χ2v) is 17.6. The second-order valence-electron chi connectivity index (χ2n) is 17.6. The highest BCUT2D eigenvalue weighted by atomic mass is 16.5. The largest absolute Gasteiger partial charge is 0.504 e. The number of phenols is 2. The Kier molecular flexibility index (Phi) is 7.47. The van der Waals surface area contributed by atoms with E-state index in [2.05, 4.69) is 54.5 Å². The van der Waals surface area contributed by atoms with Crippen molar-refractivity contribution in [2.75, 3.05) is 6.61 Å². The molecule has 0 heterocycles. The number of rotatable bonds is 4. The van der Waals surface area contributed by atoms with E-state index in [9.17, 15) is 20.1 Å². The van der Waals surface area contributed by atoms with E-state index in [1.807, 2.05) is 0 Å². The van der Waals surface area contributed by atoms with Gasteiger partial charge in [-0.05, 0) is 127 Å². The Morgan fingerprint density at radius 3 is 2.34 bits per heavy atom. The Morgan fingerprint density at radius 1 is 0.909 bits per heavy atom. The molecule has 1 aromatic carbocycles. The number of esters is 1. The highest BCUT2D eigenvalue weighted by Crippen LogP contribution is 2.75. The van der Waals surface area contributed by atoms with E-state index in [1.54, 1.807) is 17.7 Å². The van der Waals surface area contributed by atoms with Gasteiger partial charge in [-0.1, -0.05) is 66.2 Å². The van der Waals surface area contributed by atoms with Gasteiger partial charge < -0.3 is 20.1 Å². The molecule has 0 aliphatic heterocycles. The number of aliphatic hydroxyl groups excluding tert-OH is 1. The first kappa shape index (κ1) is 31.7. The Balaban J connectivity index is 1.24. The van der Waals surface area contributed by atoms with Gasteiger partial charge in [0, 0.05) is 23.5 Å². The summed E-state index contributed by atoms with van der Waals surface area (Å²) in [5, 5.41) is 30.2. The molecule has 0 radical (unpaired) electrons. The zero-order valence-electron chi connectivity index (χ0n) is 28.2. The summed E-state index contributed by atoms with van der Waals surface area (Å²) in [5.74, 6) is 0.785. The maximum atomic E-state index is 13.0. The molecule has 0 bridgehead atoms. The van der Waals surface area contributed by atoms with E-state index in [1.165, 1.54) is 43.9 Å². The van der Waals surface area contributed by atoms with Crippen LogP contribution in [0.3, 0.4) is 0 Å². The monoisotopic (exact) mass is 604 g/mol. The van der Waals surface area contributed by atoms with E-state index in [4.69, 9.17) is 4.74 Å². The fraction of sp³-hybridized carbons (Fsp3) is 0.718. The molecule has 4 fully saturated rings. The first-order chi connectivity index (χ1) is 20.5. The van der Waals surface area contributed by atoms with Crippen LogP contribution >= 0.6 is 0 Å². The van der Waals surface area contributed by atoms with Crippen LogP contribution in [0.1, 0.15) is 118 Å². The Hall–Kier alpha value is -2.27. The maximum absolute atomic E-state index is 13.0. The summed E-state index contributed by atoms with van der Waals surface area (Å²) in [5.41, 5.74) is 3.09. The van der Waals surface area contributed by atoms with Crippen LogP contribution in [0.5, 0.6) is 11.5 Å². The fourth-order valence-electron chi connectivity index (χ4n) is 11.8. The Morgan fingerprint density at radius 2 is 1.64 bits per heavy atom. The summed E-state index contributed by atoms with van der Waals surface area (Å²) in [4.78, 5) is 13.0. The lowest BCUT2D eigenvalue weighted by atomic mass is 9.33. The Labute approximate surface area is 265 Å². The van der Waals surface area contributed by atoms with Gasteiger partial charge in [-0.3, -0.25) is 0 Å². The van der Waals surface area contributed by atoms with E-state index in [0.717, 1.165) is 38.5 Å². The molecule has 4 saturated carbocycles. The minimum atomic E-state index is -0.359. The minimum absolute atomic E-state index is 0.0617. The van der Waals surface area contributed by atoms with Gasteiger partial charge >= 0.3 is 5.97 Å². The number of hydrogen-bond acceptors (Lipinski definition) is 5. The van der Waals surface area contributed by atoms with Crippen LogP contribution in [-0.4, -0.2) is 34.0 Å². The van der Waals surface area contributed by atoms with Crippen molar-refractivity contribution in [3.05, 3.63) is 41.5 Å². The molecule has 0 amide bonds. The van der Waals surface area contributed by atoms with Crippen molar-refractivity contribution in [3.63, 3.8) is 0 Å². The Bertz CT molecular complexity index is 1370. The van der Waals surface area contributed by atoms with E-state index < -0.39 is 0 Å². The van der Waals surface area contributed by atoms with Gasteiger partial charge in [-0.15, -0.1) is 0 Å². The summed E-state index contributed by atoms with van der Waals surface area (Å²) < 4.78 is 6.17. The number of carbonyl (C=O) groups excluding carboxylic acids is 1. The summed E-state index contributed by atoms with van der Waals surface area (Å²) in [6.07, 6.45) is 16.8. The summed E-state index contributed by atoms with van der Waals surface area (Å²) in [6.45, 7) is 17.6. The van der Waals surface area contributed by atoms with E-state index in [-0.39, 0.29) is 50.6 Å². The first-order valence-corrected chi connectivity index (χ1v) is 17.2. The number of aromatic hydroxyl groups is 2. The molecule has 44 heavy (non-hydrogen) atoms. The molecule has 5 aliphatic rings. The third-order valence-electron chi connectivity index (χ3n) is 14.7. The number of allylic oxidation sites excluding steroid dienone is 2. The number of fused-ring (bicyclic) bond motifs is 7. The average Bonchev–Trinajstić information content (AvgIpc) is 2.95. The molecule has 242 valence electrons. The first-order valence-electron chi connectivity index (χ1n) is 17.2. The quantitative estimate of drug-likeness (QED) is 0.138. The minimum Gasteiger partial charge on any atom is -0.504 e. The van der Waals surface area contributed by atoms with Gasteiger partial charge in [-0.2, -0.15) is 0 Å². The molecule has 0 unspecified atom stereocenters. The fourth-order valence-corrected chi connectivity index (χ4v) is 11.8. The highest BCUT2D eigenvalue weighted by Gasteiger charge is 2.68. The zero-order chi connectivity index (χ0) is 31.9. The van der Waals surface area contributed by atoms with Crippen LogP contribution in [0.4, 0.5) is 0 Å². The van der Waals surface area contributed by atoms with E-state index in [0.29, 0.717) is 35.3 Å². The molecule has 8 atom stereocenters.